The van der Waals surface area contributed by atoms with Crippen molar-refractivity contribution < 1.29 is 9.52 Å². The predicted molar refractivity (Wildman–Crippen MR) is 63.2 cm³/mol. The molecule has 4 nitrogen and oxygen atoms in total. The summed E-state index contributed by atoms with van der Waals surface area (Å²) in [4.78, 5) is 4.16. The lowest BCUT2D eigenvalue weighted by Crippen LogP contribution is -2.40. The molecule has 0 aliphatic heterocycles. The van der Waals surface area contributed by atoms with E-state index in [9.17, 15) is 5.11 Å². The Kier molecular flexibility index (Phi) is 4.50. The Bertz CT molecular complexity index is 319. The molecule has 16 heavy (non-hydrogen) atoms. The predicted octanol–water partition coefficient (Wildman–Crippen LogP) is 2.18. The molecule has 0 saturated heterocycles. The largest absolute Gasteiger partial charge is 0.444 e. The molecule has 0 radical (unpaired) electrons. The minimum Gasteiger partial charge on any atom is -0.444 e. The van der Waals surface area contributed by atoms with Crippen molar-refractivity contribution in [2.24, 2.45) is 0 Å². The van der Waals surface area contributed by atoms with E-state index in [2.05, 4.69) is 10.3 Å². The second-order valence-corrected chi connectivity index (χ2v) is 4.34. The standard InChI is InChI=1S/C12H22N2O2/c1-5-12(15,6-2)8-14-10(4)11-13-7-9(3)16-11/h7,10,14-15H,5-6,8H2,1-4H3. The molecule has 0 fully saturated rings. The third-order valence-corrected chi connectivity index (χ3v) is 3.06. The highest BCUT2D eigenvalue weighted by Gasteiger charge is 2.23. The Labute approximate surface area is 97.1 Å². The van der Waals surface area contributed by atoms with E-state index in [-0.39, 0.29) is 6.04 Å². The zero-order valence-corrected chi connectivity index (χ0v) is 10.6. The van der Waals surface area contributed by atoms with Crippen molar-refractivity contribution in [3.05, 3.63) is 17.8 Å². The number of aliphatic hydroxyl groups is 1. The molecular weight excluding hydrogens is 204 g/mol. The molecule has 2 N–H and O–H groups in total. The van der Waals surface area contributed by atoms with Gasteiger partial charge in [0.15, 0.2) is 0 Å². The fraction of sp³-hybridized carbons (Fsp3) is 0.750. The zero-order valence-electron chi connectivity index (χ0n) is 10.6. The molecular formula is C12H22N2O2. The van der Waals surface area contributed by atoms with Gasteiger partial charge in [-0.05, 0) is 26.7 Å². The number of hydrogen-bond acceptors (Lipinski definition) is 4. The average Bonchev–Trinajstić information content (AvgIpc) is 2.72. The van der Waals surface area contributed by atoms with E-state index >= 15 is 0 Å². The summed E-state index contributed by atoms with van der Waals surface area (Å²) in [5.74, 6) is 1.48. The van der Waals surface area contributed by atoms with Gasteiger partial charge in [0, 0.05) is 6.54 Å². The fourth-order valence-electron chi connectivity index (χ4n) is 1.50. The van der Waals surface area contributed by atoms with Gasteiger partial charge in [0.25, 0.3) is 0 Å². The number of oxazole rings is 1. The Morgan fingerprint density at radius 2 is 2.12 bits per heavy atom. The van der Waals surface area contributed by atoms with Crippen LogP contribution in [0.1, 0.15) is 51.3 Å². The Balaban J connectivity index is 2.49. The number of rotatable bonds is 6. The van der Waals surface area contributed by atoms with Crippen LogP contribution < -0.4 is 5.32 Å². The summed E-state index contributed by atoms with van der Waals surface area (Å²) in [5.41, 5.74) is -0.629. The maximum atomic E-state index is 10.1. The molecule has 0 aliphatic rings. The molecule has 1 rings (SSSR count). The third kappa shape index (κ3) is 3.32. The lowest BCUT2D eigenvalue weighted by molar-refractivity contribution is 0.0296. The molecule has 1 aromatic heterocycles. The van der Waals surface area contributed by atoms with Gasteiger partial charge in [0.1, 0.15) is 5.76 Å². The Morgan fingerprint density at radius 1 is 1.50 bits per heavy atom. The van der Waals surface area contributed by atoms with Crippen LogP contribution in [-0.4, -0.2) is 22.2 Å². The molecule has 1 unspecified atom stereocenters. The van der Waals surface area contributed by atoms with Gasteiger partial charge in [-0.2, -0.15) is 0 Å². The first-order chi connectivity index (χ1) is 7.50. The summed E-state index contributed by atoms with van der Waals surface area (Å²) in [6.07, 6.45) is 3.20. The van der Waals surface area contributed by atoms with Crippen molar-refractivity contribution in [3.8, 4) is 0 Å². The van der Waals surface area contributed by atoms with Gasteiger partial charge in [-0.1, -0.05) is 13.8 Å². The minimum atomic E-state index is -0.629. The number of aromatic nitrogens is 1. The summed E-state index contributed by atoms with van der Waals surface area (Å²) in [6.45, 7) is 8.40. The average molecular weight is 226 g/mol. The van der Waals surface area contributed by atoms with Crippen molar-refractivity contribution in [3.63, 3.8) is 0 Å². The maximum absolute atomic E-state index is 10.1. The molecule has 0 spiro atoms. The highest BCUT2D eigenvalue weighted by Crippen LogP contribution is 2.16. The minimum absolute atomic E-state index is 0.0262. The summed E-state index contributed by atoms with van der Waals surface area (Å²) in [6, 6.07) is 0.0262. The smallest absolute Gasteiger partial charge is 0.211 e. The summed E-state index contributed by atoms with van der Waals surface area (Å²) < 4.78 is 5.42. The Hall–Kier alpha value is -0.870. The van der Waals surface area contributed by atoms with Crippen LogP contribution in [0.25, 0.3) is 0 Å². The van der Waals surface area contributed by atoms with Crippen molar-refractivity contribution in [2.45, 2.75) is 52.2 Å². The lowest BCUT2D eigenvalue weighted by atomic mass is 9.97. The SMILES string of the molecule is CCC(O)(CC)CNC(C)c1ncc(C)o1. The molecule has 0 aliphatic carbocycles. The Morgan fingerprint density at radius 3 is 2.56 bits per heavy atom. The molecule has 1 atom stereocenters. The molecule has 1 heterocycles. The molecule has 4 heteroatoms. The number of nitrogens with one attached hydrogen (secondary N) is 1. The molecule has 0 saturated carbocycles. The van der Waals surface area contributed by atoms with Crippen LogP contribution in [0.15, 0.2) is 10.6 Å². The topological polar surface area (TPSA) is 58.3 Å². The first-order valence-electron chi connectivity index (χ1n) is 5.89. The molecule has 1 aromatic rings. The van der Waals surface area contributed by atoms with Crippen LogP contribution in [0, 0.1) is 6.92 Å². The number of nitrogens with zero attached hydrogens (tertiary/aromatic N) is 1. The van der Waals surface area contributed by atoms with E-state index in [1.165, 1.54) is 0 Å². The third-order valence-electron chi connectivity index (χ3n) is 3.06. The quantitative estimate of drug-likeness (QED) is 0.780. The summed E-state index contributed by atoms with van der Waals surface area (Å²) in [7, 11) is 0. The fourth-order valence-corrected chi connectivity index (χ4v) is 1.50. The summed E-state index contributed by atoms with van der Waals surface area (Å²) >= 11 is 0. The second kappa shape index (κ2) is 5.46. The second-order valence-electron chi connectivity index (χ2n) is 4.34. The highest BCUT2D eigenvalue weighted by molar-refractivity contribution is 4.95. The van der Waals surface area contributed by atoms with Gasteiger partial charge < -0.3 is 14.8 Å². The number of hydrogen-bond donors (Lipinski definition) is 2. The lowest BCUT2D eigenvalue weighted by Gasteiger charge is -2.26. The van der Waals surface area contributed by atoms with Gasteiger partial charge in [0.2, 0.25) is 5.89 Å². The van der Waals surface area contributed by atoms with E-state index < -0.39 is 5.60 Å². The van der Waals surface area contributed by atoms with Crippen molar-refractivity contribution >= 4 is 0 Å². The van der Waals surface area contributed by atoms with Crippen molar-refractivity contribution in [1.29, 1.82) is 0 Å². The van der Waals surface area contributed by atoms with Gasteiger partial charge in [-0.3, -0.25) is 0 Å². The van der Waals surface area contributed by atoms with E-state index in [4.69, 9.17) is 4.42 Å². The molecule has 0 bridgehead atoms. The number of aryl methyl sites for hydroxylation is 1. The van der Waals surface area contributed by atoms with Gasteiger partial charge in [0.05, 0.1) is 17.8 Å². The van der Waals surface area contributed by atoms with Crippen molar-refractivity contribution in [1.82, 2.24) is 10.3 Å². The molecule has 0 amide bonds. The van der Waals surface area contributed by atoms with Crippen LogP contribution in [0.5, 0.6) is 0 Å². The van der Waals surface area contributed by atoms with E-state index in [1.807, 2.05) is 27.7 Å². The maximum Gasteiger partial charge on any atom is 0.211 e. The summed E-state index contributed by atoms with van der Waals surface area (Å²) in [5, 5.41) is 13.4. The van der Waals surface area contributed by atoms with E-state index in [0.717, 1.165) is 18.6 Å². The van der Waals surface area contributed by atoms with Gasteiger partial charge in [-0.25, -0.2) is 4.98 Å². The highest BCUT2D eigenvalue weighted by atomic mass is 16.4. The van der Waals surface area contributed by atoms with Crippen LogP contribution in [0.2, 0.25) is 0 Å². The van der Waals surface area contributed by atoms with E-state index in [0.29, 0.717) is 12.4 Å². The van der Waals surface area contributed by atoms with E-state index in [1.54, 1.807) is 6.20 Å². The van der Waals surface area contributed by atoms with Crippen LogP contribution in [0.3, 0.4) is 0 Å². The molecule has 92 valence electrons. The van der Waals surface area contributed by atoms with Crippen molar-refractivity contribution in [2.75, 3.05) is 6.54 Å². The monoisotopic (exact) mass is 226 g/mol. The normalized spacial score (nSPS) is 14.1. The van der Waals surface area contributed by atoms with Gasteiger partial charge in [-0.15, -0.1) is 0 Å². The molecule has 0 aromatic carbocycles. The van der Waals surface area contributed by atoms with Crippen LogP contribution >= 0.6 is 0 Å². The zero-order chi connectivity index (χ0) is 12.2. The van der Waals surface area contributed by atoms with Crippen LogP contribution in [-0.2, 0) is 0 Å². The first kappa shape index (κ1) is 13.2. The van der Waals surface area contributed by atoms with Crippen LogP contribution in [0.4, 0.5) is 0 Å². The van der Waals surface area contributed by atoms with Gasteiger partial charge >= 0.3 is 0 Å². The first-order valence-corrected chi connectivity index (χ1v) is 5.89.